The van der Waals surface area contributed by atoms with Gasteiger partial charge in [0.25, 0.3) is 0 Å². The van der Waals surface area contributed by atoms with E-state index in [1.54, 1.807) is 27.7 Å². The maximum Gasteiger partial charge on any atom is 0.143 e. The molecule has 2 aromatic heterocycles. The maximum atomic E-state index is 10.2. The van der Waals surface area contributed by atoms with Crippen molar-refractivity contribution in [2.75, 3.05) is 4.90 Å². The Morgan fingerprint density at radius 1 is 0.397 bits per heavy atom. The van der Waals surface area contributed by atoms with Crippen molar-refractivity contribution < 1.29 is 36.2 Å². The highest BCUT2D eigenvalue weighted by molar-refractivity contribution is 6.19. The zero-order chi connectivity index (χ0) is 57.5. The Bertz CT molecular complexity index is 4410. The first-order valence-electron chi connectivity index (χ1n) is 28.7. The number of nitrogens with zero attached hydrogens (tertiary/aromatic N) is 1. The fourth-order valence-electron chi connectivity index (χ4n) is 8.25. The first-order chi connectivity index (χ1) is 36.4. The number of anilines is 3. The third-order valence-electron chi connectivity index (χ3n) is 11.9. The molecule has 0 atom stereocenters. The Kier molecular flexibility index (Phi) is 4.62. The van der Waals surface area contributed by atoms with Crippen LogP contribution in [0.25, 0.3) is 76.9 Å². The predicted octanol–water partition coefficient (Wildman–Crippen LogP) is 16.2. The second kappa shape index (κ2) is 13.2. The van der Waals surface area contributed by atoms with Crippen LogP contribution < -0.4 is 4.90 Å². The Morgan fingerprint density at radius 3 is 1.71 bits per heavy atom. The molecule has 0 radical (unpaired) electrons. The Labute approximate surface area is 368 Å². The molecule has 284 valence electrons. The lowest BCUT2D eigenvalue weighted by atomic mass is 9.89. The summed E-state index contributed by atoms with van der Waals surface area (Å²) in [4.78, 5) is 1.34. The fraction of sp³-hybridized carbons (Fsp3) is 0.164. The number of hydrogen-bond acceptors (Lipinski definition) is 3. The highest BCUT2D eigenvalue weighted by Crippen LogP contribution is 2.50. The van der Waals surface area contributed by atoms with Crippen molar-refractivity contribution in [3.8, 4) is 22.3 Å². The molecule has 58 heavy (non-hydrogen) atoms. The van der Waals surface area contributed by atoms with Crippen LogP contribution >= 0.6 is 0 Å². The van der Waals surface area contributed by atoms with Crippen LogP contribution in [-0.4, -0.2) is 0 Å². The summed E-state index contributed by atoms with van der Waals surface area (Å²) in [6, 6.07) is -13.8. The van der Waals surface area contributed by atoms with Gasteiger partial charge in [0.2, 0.25) is 0 Å². The summed E-state index contributed by atoms with van der Waals surface area (Å²) < 4.78 is 195. The van der Waals surface area contributed by atoms with Gasteiger partial charge < -0.3 is 13.7 Å². The zero-order valence-electron chi connectivity index (χ0n) is 53.3. The van der Waals surface area contributed by atoms with Gasteiger partial charge in [0.05, 0.1) is 33.1 Å². The molecule has 8 aromatic carbocycles. The second-order valence-corrected chi connectivity index (χ2v) is 14.8. The number of para-hydroxylation sites is 1. The molecule has 3 heteroatoms. The van der Waals surface area contributed by atoms with Crippen molar-refractivity contribution in [3.63, 3.8) is 0 Å². The highest BCUT2D eigenvalue weighted by Gasteiger charge is 2.28. The number of aryl methyl sites for hydroxylation is 4. The molecule has 10 aromatic rings. The van der Waals surface area contributed by atoms with E-state index in [4.69, 9.17) is 23.9 Å². The fourth-order valence-corrected chi connectivity index (χ4v) is 8.25. The van der Waals surface area contributed by atoms with E-state index >= 15 is 0 Å². The van der Waals surface area contributed by atoms with Crippen LogP contribution in [0.2, 0.25) is 0 Å². The third-order valence-corrected chi connectivity index (χ3v) is 11.9. The molecule has 2 heterocycles. The topological polar surface area (TPSA) is 29.5 Å². The van der Waals surface area contributed by atoms with Crippen LogP contribution in [-0.2, 0) is 0 Å². The third kappa shape index (κ3) is 5.12. The van der Waals surface area contributed by atoms with Crippen LogP contribution in [0.5, 0.6) is 0 Å². The van der Waals surface area contributed by atoms with E-state index in [1.165, 1.54) is 4.90 Å². The van der Waals surface area contributed by atoms with Crippen molar-refractivity contribution in [2.45, 2.75) is 62.3 Å². The van der Waals surface area contributed by atoms with E-state index < -0.39 is 138 Å². The summed E-state index contributed by atoms with van der Waals surface area (Å²) in [7, 11) is 0. The summed E-state index contributed by atoms with van der Waals surface area (Å²) in [6.07, 6.45) is 0. The highest BCUT2D eigenvalue weighted by atomic mass is 16.3. The molecule has 0 aliphatic carbocycles. The van der Waals surface area contributed by atoms with E-state index in [-0.39, 0.29) is 66.3 Å². The van der Waals surface area contributed by atoms with E-state index in [1.807, 2.05) is 34.6 Å². The van der Waals surface area contributed by atoms with Crippen molar-refractivity contribution >= 4 is 71.7 Å². The second-order valence-electron chi connectivity index (χ2n) is 14.8. The lowest BCUT2D eigenvalue weighted by molar-refractivity contribution is 0.661. The molecule has 0 N–H and O–H groups in total. The molecular formula is C55H47NO2. The van der Waals surface area contributed by atoms with Gasteiger partial charge >= 0.3 is 0 Å². The van der Waals surface area contributed by atoms with Crippen LogP contribution in [0.15, 0.2) is 130 Å². The van der Waals surface area contributed by atoms with Gasteiger partial charge in [-0.2, -0.15) is 0 Å². The van der Waals surface area contributed by atoms with Crippen molar-refractivity contribution in [1.82, 2.24) is 0 Å². The standard InChI is InChI=1S/C55H47NO2/c1-30-31(2)37(8)53-50(34(30)5)51-35(6)36(7)52(38(9)54(51)58-53)56(41-25-23-40(24-26-41)39-17-11-10-12-18-39)48-28-27-42(32(3)33(48)4)46-29-47-44-20-15-16-22-49(44)57-55(47)45-21-14-13-19-43(45)46/h10-29H,1-9H3/i10D,11D,12D,13D,14D,15D,16D,17D,18D,19D,20D,21D,22D,23D,24D,25D,26D,27D,28D,29D. The van der Waals surface area contributed by atoms with Crippen molar-refractivity contribution in [1.29, 1.82) is 0 Å². The number of furan rings is 2. The van der Waals surface area contributed by atoms with Gasteiger partial charge in [-0.25, -0.2) is 0 Å². The first kappa shape index (κ1) is 20.2. The van der Waals surface area contributed by atoms with E-state index in [0.29, 0.717) is 27.9 Å². The number of fused-ring (bicyclic) bond motifs is 8. The summed E-state index contributed by atoms with van der Waals surface area (Å²) in [5.41, 5.74) is 4.22. The Hall–Kier alpha value is -6.58. The van der Waals surface area contributed by atoms with Gasteiger partial charge in [-0.3, -0.25) is 0 Å². The Morgan fingerprint density at radius 2 is 0.983 bits per heavy atom. The summed E-state index contributed by atoms with van der Waals surface area (Å²) in [5, 5.41) is 0.552. The number of hydrogen-bond donors (Lipinski definition) is 0. The summed E-state index contributed by atoms with van der Waals surface area (Å²) >= 11 is 0. The molecule has 0 spiro atoms. The van der Waals surface area contributed by atoms with Gasteiger partial charge in [-0.15, -0.1) is 0 Å². The van der Waals surface area contributed by atoms with Crippen LogP contribution in [0.4, 0.5) is 17.1 Å². The average molecular weight is 774 g/mol. The molecular weight excluding hydrogens is 707 g/mol. The quantitative estimate of drug-likeness (QED) is 0.174. The lowest BCUT2D eigenvalue weighted by Gasteiger charge is -2.32. The monoisotopic (exact) mass is 773 g/mol. The van der Waals surface area contributed by atoms with Crippen LogP contribution in [0.3, 0.4) is 0 Å². The van der Waals surface area contributed by atoms with Crippen molar-refractivity contribution in [3.05, 3.63) is 171 Å². The molecule has 0 saturated carbocycles. The molecule has 0 bridgehead atoms. The largest absolute Gasteiger partial charge is 0.455 e. The summed E-state index contributed by atoms with van der Waals surface area (Å²) in [5.74, 6) is 0. The van der Waals surface area contributed by atoms with E-state index in [0.717, 1.165) is 33.0 Å². The average Bonchev–Trinajstić information content (AvgIpc) is 4.22. The Balaban J connectivity index is 1.39. The van der Waals surface area contributed by atoms with E-state index in [9.17, 15) is 12.3 Å². The molecule has 0 saturated heterocycles. The van der Waals surface area contributed by atoms with Gasteiger partial charge in [0.1, 0.15) is 22.3 Å². The van der Waals surface area contributed by atoms with Gasteiger partial charge in [0, 0.05) is 43.9 Å². The predicted molar refractivity (Wildman–Crippen MR) is 247 cm³/mol. The molecule has 0 amide bonds. The van der Waals surface area contributed by atoms with Gasteiger partial charge in [-0.1, -0.05) is 90.6 Å². The molecule has 0 aliphatic rings. The maximum absolute atomic E-state index is 10.2. The van der Waals surface area contributed by atoms with Crippen LogP contribution in [0.1, 0.15) is 77.5 Å². The number of rotatable bonds is 5. The normalized spacial score (nSPS) is 16.7. The summed E-state index contributed by atoms with van der Waals surface area (Å²) in [6.45, 7) is 16.5. The number of benzene rings is 8. The first-order valence-corrected chi connectivity index (χ1v) is 18.7. The molecule has 0 fully saturated rings. The smallest absolute Gasteiger partial charge is 0.143 e. The van der Waals surface area contributed by atoms with Gasteiger partial charge in [-0.05, 0) is 165 Å². The minimum absolute atomic E-state index is 0.146. The van der Waals surface area contributed by atoms with Crippen LogP contribution in [0, 0.1) is 62.3 Å². The van der Waals surface area contributed by atoms with Gasteiger partial charge in [0.15, 0.2) is 0 Å². The zero-order valence-corrected chi connectivity index (χ0v) is 33.3. The SMILES string of the molecule is [2H]c1c([2H])c([2H])c(-c2c([2H])c([2H])c(N(c3c([2H])c([2H])c(-c4c([2H])c5c(oc6c([2H])c([2H])c([2H])c([2H])c65)c5c([2H])c([2H])c([2H])c([2H])c45)c(C)c3C)c3c(C)c(C)c4c(oc5c(C)c(C)c(C)c(C)c54)c3C)c([2H])c2[2H])c([2H])c1[2H]. The molecule has 10 rings (SSSR count). The molecule has 3 nitrogen and oxygen atoms in total. The molecule has 0 aliphatic heterocycles. The minimum atomic E-state index is -0.787. The van der Waals surface area contributed by atoms with Crippen molar-refractivity contribution in [2.24, 2.45) is 0 Å². The molecule has 0 unspecified atom stereocenters. The van der Waals surface area contributed by atoms with E-state index in [2.05, 4.69) is 0 Å². The lowest BCUT2D eigenvalue weighted by Crippen LogP contribution is -2.15. The minimum Gasteiger partial charge on any atom is -0.455 e.